The van der Waals surface area contributed by atoms with Crippen molar-refractivity contribution >= 4 is 10.9 Å². The first-order chi connectivity index (χ1) is 11.3. The molecular weight excluding hydrogens is 292 g/mol. The standard InChI is InChI=1S/C17H20N4O2/c1-12-5-8-22-7-2-6-21-11-13(10-18-21)17-15-9-14(23-12)3-4-16(15)19-20-17/h3-4,9-12H,2,5-8H2,1H3,(H,19,20)/t12-/m1/s1. The van der Waals surface area contributed by atoms with E-state index < -0.39 is 0 Å². The molecule has 0 fully saturated rings. The van der Waals surface area contributed by atoms with Gasteiger partial charge in [-0.25, -0.2) is 0 Å². The Morgan fingerprint density at radius 3 is 3.22 bits per heavy atom. The maximum Gasteiger partial charge on any atom is 0.120 e. The smallest absolute Gasteiger partial charge is 0.120 e. The number of rotatable bonds is 0. The van der Waals surface area contributed by atoms with Crippen LogP contribution in [-0.2, 0) is 11.3 Å². The normalized spacial score (nSPS) is 19.3. The number of hydrogen-bond donors (Lipinski definition) is 1. The zero-order valence-corrected chi connectivity index (χ0v) is 13.2. The molecule has 4 bridgehead atoms. The van der Waals surface area contributed by atoms with Gasteiger partial charge >= 0.3 is 0 Å². The molecule has 0 aliphatic carbocycles. The fourth-order valence-electron chi connectivity index (χ4n) is 2.87. The Balaban J connectivity index is 1.76. The molecule has 1 aromatic carbocycles. The predicted molar refractivity (Wildman–Crippen MR) is 87.5 cm³/mol. The van der Waals surface area contributed by atoms with E-state index in [0.717, 1.165) is 53.9 Å². The van der Waals surface area contributed by atoms with Crippen LogP contribution >= 0.6 is 0 Å². The molecule has 0 spiro atoms. The average molecular weight is 312 g/mol. The number of fused-ring (bicyclic) bond motifs is 4. The van der Waals surface area contributed by atoms with E-state index in [1.807, 2.05) is 35.3 Å². The largest absolute Gasteiger partial charge is 0.491 e. The number of aryl methyl sites for hydroxylation is 1. The van der Waals surface area contributed by atoms with Crippen LogP contribution in [0.3, 0.4) is 0 Å². The van der Waals surface area contributed by atoms with E-state index >= 15 is 0 Å². The van der Waals surface area contributed by atoms with Crippen molar-refractivity contribution in [2.24, 2.45) is 0 Å². The van der Waals surface area contributed by atoms with E-state index in [-0.39, 0.29) is 6.10 Å². The number of nitrogens with zero attached hydrogens (tertiary/aromatic N) is 3. The third-order valence-corrected chi connectivity index (χ3v) is 4.12. The minimum absolute atomic E-state index is 0.119. The summed E-state index contributed by atoms with van der Waals surface area (Å²) in [6, 6.07) is 6.03. The van der Waals surface area contributed by atoms with Crippen LogP contribution in [0.4, 0.5) is 0 Å². The van der Waals surface area contributed by atoms with Crippen LogP contribution in [0.25, 0.3) is 22.2 Å². The van der Waals surface area contributed by atoms with Gasteiger partial charge in [0.25, 0.3) is 0 Å². The first-order valence-corrected chi connectivity index (χ1v) is 8.05. The first-order valence-electron chi connectivity index (χ1n) is 8.05. The van der Waals surface area contributed by atoms with Gasteiger partial charge < -0.3 is 9.47 Å². The average Bonchev–Trinajstić information content (AvgIpc) is 3.16. The Morgan fingerprint density at radius 2 is 2.26 bits per heavy atom. The molecule has 0 amide bonds. The van der Waals surface area contributed by atoms with Crippen LogP contribution < -0.4 is 4.74 Å². The molecule has 2 aromatic heterocycles. The molecule has 1 aliphatic heterocycles. The molecule has 6 heteroatoms. The number of aromatic amines is 1. The summed E-state index contributed by atoms with van der Waals surface area (Å²) in [6.45, 7) is 4.37. The van der Waals surface area contributed by atoms with E-state index in [1.54, 1.807) is 0 Å². The van der Waals surface area contributed by atoms with E-state index in [9.17, 15) is 0 Å². The highest BCUT2D eigenvalue weighted by Gasteiger charge is 2.13. The van der Waals surface area contributed by atoms with Crippen LogP contribution in [0.5, 0.6) is 5.75 Å². The Kier molecular flexibility index (Phi) is 3.75. The molecule has 0 saturated carbocycles. The van der Waals surface area contributed by atoms with Gasteiger partial charge in [-0.1, -0.05) is 0 Å². The van der Waals surface area contributed by atoms with Crippen molar-refractivity contribution in [3.05, 3.63) is 30.6 Å². The van der Waals surface area contributed by atoms with E-state index in [2.05, 4.69) is 22.2 Å². The minimum Gasteiger partial charge on any atom is -0.491 e. The summed E-state index contributed by atoms with van der Waals surface area (Å²) < 4.78 is 13.6. The second-order valence-electron chi connectivity index (χ2n) is 5.95. The van der Waals surface area contributed by atoms with Crippen LogP contribution in [0.15, 0.2) is 30.6 Å². The van der Waals surface area contributed by atoms with Crippen LogP contribution in [0.2, 0.25) is 0 Å². The second-order valence-corrected chi connectivity index (χ2v) is 5.95. The van der Waals surface area contributed by atoms with E-state index in [1.165, 1.54) is 0 Å². The number of H-pyrrole nitrogens is 1. The molecule has 0 unspecified atom stereocenters. The summed E-state index contributed by atoms with van der Waals surface area (Å²) in [6.07, 6.45) is 5.83. The van der Waals surface area contributed by atoms with Crippen molar-refractivity contribution in [3.63, 3.8) is 0 Å². The van der Waals surface area contributed by atoms with Gasteiger partial charge in [0.05, 0.1) is 24.4 Å². The van der Waals surface area contributed by atoms with E-state index in [4.69, 9.17) is 9.47 Å². The van der Waals surface area contributed by atoms with E-state index in [0.29, 0.717) is 6.61 Å². The summed E-state index contributed by atoms with van der Waals surface area (Å²) in [4.78, 5) is 0. The number of benzene rings is 1. The molecule has 120 valence electrons. The van der Waals surface area contributed by atoms with Crippen molar-refractivity contribution < 1.29 is 9.47 Å². The van der Waals surface area contributed by atoms with Crippen LogP contribution in [0, 0.1) is 0 Å². The molecule has 1 atom stereocenters. The van der Waals surface area contributed by atoms with Crippen molar-refractivity contribution in [1.82, 2.24) is 20.0 Å². The number of hydrogen-bond acceptors (Lipinski definition) is 4. The Hall–Kier alpha value is -2.34. The zero-order valence-electron chi connectivity index (χ0n) is 13.2. The molecule has 0 saturated heterocycles. The minimum atomic E-state index is 0.119. The fraction of sp³-hybridized carbons (Fsp3) is 0.412. The van der Waals surface area contributed by atoms with Gasteiger partial charge in [0.15, 0.2) is 0 Å². The van der Waals surface area contributed by atoms with Gasteiger partial charge in [0.2, 0.25) is 0 Å². The van der Waals surface area contributed by atoms with Gasteiger partial charge in [0, 0.05) is 36.7 Å². The maximum atomic E-state index is 6.01. The van der Waals surface area contributed by atoms with Gasteiger partial charge in [-0.05, 0) is 31.5 Å². The molecular formula is C17H20N4O2. The highest BCUT2D eigenvalue weighted by molar-refractivity contribution is 5.93. The molecule has 0 radical (unpaired) electrons. The molecule has 1 aliphatic rings. The highest BCUT2D eigenvalue weighted by Crippen LogP contribution is 2.29. The molecule has 3 heterocycles. The molecule has 1 N–H and O–H groups in total. The predicted octanol–water partition coefficient (Wildman–Crippen LogP) is 3.00. The van der Waals surface area contributed by atoms with Gasteiger partial charge in [-0.15, -0.1) is 0 Å². The lowest BCUT2D eigenvalue weighted by Crippen LogP contribution is -2.15. The Bertz CT molecular complexity index is 808. The monoisotopic (exact) mass is 312 g/mol. The zero-order chi connectivity index (χ0) is 15.6. The van der Waals surface area contributed by atoms with Crippen molar-refractivity contribution in [1.29, 1.82) is 0 Å². The molecule has 3 aromatic rings. The summed E-state index contributed by atoms with van der Waals surface area (Å²) in [5, 5.41) is 13.0. The summed E-state index contributed by atoms with van der Waals surface area (Å²) in [5.74, 6) is 0.856. The van der Waals surface area contributed by atoms with Gasteiger partial charge in [-0.3, -0.25) is 9.78 Å². The van der Waals surface area contributed by atoms with Crippen molar-refractivity contribution in [2.75, 3.05) is 13.2 Å². The summed E-state index contributed by atoms with van der Waals surface area (Å²) >= 11 is 0. The quantitative estimate of drug-likeness (QED) is 0.693. The topological polar surface area (TPSA) is 65.0 Å². The maximum absolute atomic E-state index is 6.01. The lowest BCUT2D eigenvalue weighted by atomic mass is 10.1. The summed E-state index contributed by atoms with van der Waals surface area (Å²) in [7, 11) is 0. The lowest BCUT2D eigenvalue weighted by molar-refractivity contribution is 0.0940. The van der Waals surface area contributed by atoms with Crippen LogP contribution in [0.1, 0.15) is 19.8 Å². The SMILES string of the molecule is C[C@@H]1CCOCCCn2cc(cn2)-c2n[nH]c3ccc(cc23)O1. The number of ether oxygens (including phenoxy) is 2. The third-order valence-electron chi connectivity index (χ3n) is 4.12. The van der Waals surface area contributed by atoms with Crippen molar-refractivity contribution in [2.45, 2.75) is 32.4 Å². The third kappa shape index (κ3) is 2.94. The Labute approximate surface area is 134 Å². The summed E-state index contributed by atoms with van der Waals surface area (Å²) in [5.41, 5.74) is 2.92. The first kappa shape index (κ1) is 14.3. The highest BCUT2D eigenvalue weighted by atomic mass is 16.5. The fourth-order valence-corrected chi connectivity index (χ4v) is 2.87. The van der Waals surface area contributed by atoms with Gasteiger partial charge in [0.1, 0.15) is 11.4 Å². The van der Waals surface area contributed by atoms with Crippen molar-refractivity contribution in [3.8, 4) is 17.0 Å². The lowest BCUT2D eigenvalue weighted by Gasteiger charge is -2.15. The number of aromatic nitrogens is 4. The Morgan fingerprint density at radius 1 is 1.30 bits per heavy atom. The van der Waals surface area contributed by atoms with Crippen LogP contribution in [-0.4, -0.2) is 39.3 Å². The van der Waals surface area contributed by atoms with Gasteiger partial charge in [-0.2, -0.15) is 10.2 Å². The second kappa shape index (κ2) is 6.04. The molecule has 6 nitrogen and oxygen atoms in total. The molecule has 4 rings (SSSR count). The number of nitrogens with one attached hydrogen (secondary N) is 1. The molecule has 23 heavy (non-hydrogen) atoms.